The first-order chi connectivity index (χ1) is 13.0. The van der Waals surface area contributed by atoms with Crippen LogP contribution in [0.3, 0.4) is 0 Å². The molecule has 1 aliphatic rings. The maximum atomic E-state index is 12.8. The highest BCUT2D eigenvalue weighted by Gasteiger charge is 2.16. The van der Waals surface area contributed by atoms with Crippen LogP contribution in [0.15, 0.2) is 35.4 Å². The van der Waals surface area contributed by atoms with Gasteiger partial charge < -0.3 is 5.32 Å². The van der Waals surface area contributed by atoms with Crippen molar-refractivity contribution < 1.29 is 4.79 Å². The van der Waals surface area contributed by atoms with Gasteiger partial charge in [0.2, 0.25) is 5.91 Å². The van der Waals surface area contributed by atoms with Crippen LogP contribution in [0.5, 0.6) is 0 Å². The number of pyridine rings is 1. The number of carbonyl (C=O) groups excluding carboxylic acids is 1. The Morgan fingerprint density at radius 1 is 1.26 bits per heavy atom. The van der Waals surface area contributed by atoms with E-state index in [2.05, 4.69) is 15.3 Å². The van der Waals surface area contributed by atoms with E-state index in [9.17, 15) is 9.59 Å². The number of carbonyl (C=O) groups is 1. The Balaban J connectivity index is 1.62. The zero-order valence-corrected chi connectivity index (χ0v) is 15.7. The van der Waals surface area contributed by atoms with Gasteiger partial charge in [-0.2, -0.15) is 0 Å². The molecule has 2 aromatic heterocycles. The third-order valence-corrected chi connectivity index (χ3v) is 5.11. The lowest BCUT2D eigenvalue weighted by atomic mass is 9.95. The summed E-state index contributed by atoms with van der Waals surface area (Å²) in [5.41, 5.74) is 3.87. The highest BCUT2D eigenvalue weighted by Crippen LogP contribution is 2.22. The molecule has 0 atom stereocenters. The molecule has 1 amide bonds. The maximum Gasteiger partial charge on any atom is 0.263 e. The van der Waals surface area contributed by atoms with Crippen LogP contribution < -0.4 is 10.9 Å². The van der Waals surface area contributed by atoms with Crippen molar-refractivity contribution in [2.24, 2.45) is 0 Å². The molecule has 4 rings (SSSR count). The number of nitrogens with zero attached hydrogens (tertiary/aromatic N) is 3. The fraction of sp³-hybridized carbons (Fsp3) is 0.300. The van der Waals surface area contributed by atoms with E-state index in [0.29, 0.717) is 21.7 Å². The second-order valence-electron chi connectivity index (χ2n) is 6.86. The molecule has 3 aromatic rings. The molecular formula is C20H19ClN4O2. The Kier molecular flexibility index (Phi) is 4.66. The number of aryl methyl sites for hydroxylation is 3. The summed E-state index contributed by atoms with van der Waals surface area (Å²) in [5.74, 6) is -0.311. The number of rotatable bonds is 3. The van der Waals surface area contributed by atoms with Crippen molar-refractivity contribution in [3.63, 3.8) is 0 Å². The summed E-state index contributed by atoms with van der Waals surface area (Å²) >= 11 is 5.99. The van der Waals surface area contributed by atoms with Crippen LogP contribution >= 0.6 is 11.6 Å². The summed E-state index contributed by atoms with van der Waals surface area (Å²) in [6, 6.07) is 7.17. The Morgan fingerprint density at radius 3 is 2.93 bits per heavy atom. The first kappa shape index (κ1) is 17.7. The van der Waals surface area contributed by atoms with E-state index in [1.807, 2.05) is 19.1 Å². The number of halogens is 1. The molecule has 27 heavy (non-hydrogen) atoms. The van der Waals surface area contributed by atoms with Crippen molar-refractivity contribution in [2.45, 2.75) is 39.2 Å². The third-order valence-electron chi connectivity index (χ3n) is 4.88. The lowest BCUT2D eigenvalue weighted by Crippen LogP contribution is -2.28. The molecule has 138 valence electrons. The number of fused-ring (bicyclic) bond motifs is 2. The largest absolute Gasteiger partial charge is 0.324 e. The van der Waals surface area contributed by atoms with Gasteiger partial charge in [-0.05, 0) is 61.9 Å². The van der Waals surface area contributed by atoms with Crippen LogP contribution in [0, 0.1) is 6.92 Å². The van der Waals surface area contributed by atoms with Gasteiger partial charge in [-0.1, -0.05) is 17.7 Å². The fourth-order valence-electron chi connectivity index (χ4n) is 3.40. The molecule has 0 saturated carbocycles. The predicted molar refractivity (Wildman–Crippen MR) is 105 cm³/mol. The van der Waals surface area contributed by atoms with Gasteiger partial charge in [-0.3, -0.25) is 14.2 Å². The molecule has 0 saturated heterocycles. The quantitative estimate of drug-likeness (QED) is 0.754. The van der Waals surface area contributed by atoms with Gasteiger partial charge in [0.05, 0.1) is 5.39 Å². The third kappa shape index (κ3) is 3.57. The van der Waals surface area contributed by atoms with Gasteiger partial charge in [-0.25, -0.2) is 9.97 Å². The van der Waals surface area contributed by atoms with Crippen molar-refractivity contribution in [3.8, 4) is 0 Å². The van der Waals surface area contributed by atoms with Crippen LogP contribution in [0.2, 0.25) is 5.02 Å². The van der Waals surface area contributed by atoms with Gasteiger partial charge in [0.15, 0.2) is 5.65 Å². The summed E-state index contributed by atoms with van der Waals surface area (Å²) in [7, 11) is 0. The van der Waals surface area contributed by atoms with Crippen LogP contribution in [-0.4, -0.2) is 20.4 Å². The van der Waals surface area contributed by atoms with Crippen LogP contribution in [0.1, 0.15) is 29.7 Å². The SMILES string of the molecule is Cc1ccc(Cl)cc1NC(=O)Cn1cnc2nc3c(cc2c1=O)CCCC3. The normalized spacial score (nSPS) is 13.4. The van der Waals surface area contributed by atoms with Crippen LogP contribution in [-0.2, 0) is 24.2 Å². The summed E-state index contributed by atoms with van der Waals surface area (Å²) in [5, 5.41) is 3.80. The lowest BCUT2D eigenvalue weighted by Gasteiger charge is -2.15. The van der Waals surface area contributed by atoms with Crippen molar-refractivity contribution in [1.82, 2.24) is 14.5 Å². The van der Waals surface area contributed by atoms with E-state index >= 15 is 0 Å². The van der Waals surface area contributed by atoms with Crippen molar-refractivity contribution in [1.29, 1.82) is 0 Å². The molecule has 1 aliphatic carbocycles. The second-order valence-corrected chi connectivity index (χ2v) is 7.29. The molecule has 7 heteroatoms. The number of amides is 1. The molecule has 0 spiro atoms. The van der Waals surface area contributed by atoms with Gasteiger partial charge >= 0.3 is 0 Å². The monoisotopic (exact) mass is 382 g/mol. The van der Waals surface area contributed by atoms with Gasteiger partial charge in [0, 0.05) is 16.4 Å². The smallest absolute Gasteiger partial charge is 0.263 e. The first-order valence-corrected chi connectivity index (χ1v) is 9.33. The average Bonchev–Trinajstić information content (AvgIpc) is 2.66. The average molecular weight is 383 g/mol. The summed E-state index contributed by atoms with van der Waals surface area (Å²) in [6.07, 6.45) is 5.47. The number of anilines is 1. The van der Waals surface area contributed by atoms with E-state index in [1.54, 1.807) is 12.1 Å². The summed E-state index contributed by atoms with van der Waals surface area (Å²) in [4.78, 5) is 34.1. The van der Waals surface area contributed by atoms with Crippen LogP contribution in [0.25, 0.3) is 11.0 Å². The number of hydrogen-bond acceptors (Lipinski definition) is 4. The van der Waals surface area contributed by atoms with E-state index in [4.69, 9.17) is 11.6 Å². The molecule has 0 fully saturated rings. The number of nitrogens with one attached hydrogen (secondary N) is 1. The van der Waals surface area contributed by atoms with Crippen molar-refractivity contribution in [2.75, 3.05) is 5.32 Å². The summed E-state index contributed by atoms with van der Waals surface area (Å²) in [6.45, 7) is 1.76. The number of aromatic nitrogens is 3. The van der Waals surface area contributed by atoms with E-state index in [-0.39, 0.29) is 18.0 Å². The van der Waals surface area contributed by atoms with Crippen molar-refractivity contribution in [3.05, 3.63) is 62.8 Å². The van der Waals surface area contributed by atoms with E-state index in [1.165, 1.54) is 10.9 Å². The Hall–Kier alpha value is -2.73. The molecule has 6 nitrogen and oxygen atoms in total. The minimum Gasteiger partial charge on any atom is -0.324 e. The van der Waals surface area contributed by atoms with Gasteiger partial charge in [0.25, 0.3) is 5.56 Å². The Labute approximate surface area is 161 Å². The maximum absolute atomic E-state index is 12.8. The van der Waals surface area contributed by atoms with Gasteiger partial charge in [0.1, 0.15) is 12.9 Å². The highest BCUT2D eigenvalue weighted by atomic mass is 35.5. The molecule has 0 bridgehead atoms. The molecule has 0 radical (unpaired) electrons. The fourth-order valence-corrected chi connectivity index (χ4v) is 3.57. The first-order valence-electron chi connectivity index (χ1n) is 8.95. The topological polar surface area (TPSA) is 76.9 Å². The predicted octanol–water partition coefficient (Wildman–Crippen LogP) is 3.27. The minimum absolute atomic E-state index is 0.120. The Morgan fingerprint density at radius 2 is 2.07 bits per heavy atom. The van der Waals surface area contributed by atoms with Crippen LogP contribution in [0.4, 0.5) is 5.69 Å². The molecule has 0 aliphatic heterocycles. The minimum atomic E-state index is -0.311. The molecule has 0 unspecified atom stereocenters. The lowest BCUT2D eigenvalue weighted by molar-refractivity contribution is -0.116. The highest BCUT2D eigenvalue weighted by molar-refractivity contribution is 6.31. The van der Waals surface area contributed by atoms with Crippen molar-refractivity contribution >= 4 is 34.2 Å². The van der Waals surface area contributed by atoms with E-state index < -0.39 is 0 Å². The number of hydrogen-bond donors (Lipinski definition) is 1. The zero-order valence-electron chi connectivity index (χ0n) is 15.0. The Bertz CT molecular complexity index is 1110. The molecular weight excluding hydrogens is 364 g/mol. The molecule has 2 heterocycles. The van der Waals surface area contributed by atoms with E-state index in [0.717, 1.165) is 42.5 Å². The second kappa shape index (κ2) is 7.12. The standard InChI is InChI=1S/C20H19ClN4O2/c1-12-6-7-14(21)9-17(12)23-18(26)10-25-11-22-19-15(20(25)27)8-13-4-2-3-5-16(13)24-19/h6-9,11H,2-5,10H2,1H3,(H,23,26). The zero-order chi connectivity index (χ0) is 19.0. The van der Waals surface area contributed by atoms with Gasteiger partial charge in [-0.15, -0.1) is 0 Å². The number of benzene rings is 1. The molecule has 1 N–H and O–H groups in total. The molecule has 1 aromatic carbocycles. The summed E-state index contributed by atoms with van der Waals surface area (Å²) < 4.78 is 1.31.